The lowest BCUT2D eigenvalue weighted by molar-refractivity contribution is 0.274. The van der Waals surface area contributed by atoms with Gasteiger partial charge in [0.05, 0.1) is 0 Å². The van der Waals surface area contributed by atoms with E-state index in [-0.39, 0.29) is 0 Å². The van der Waals surface area contributed by atoms with Gasteiger partial charge in [-0.15, -0.1) is 0 Å². The van der Waals surface area contributed by atoms with Crippen LogP contribution in [-0.4, -0.2) is 80.7 Å². The number of hydrogen-bond acceptors (Lipinski definition) is 4. The number of nitrogens with zero attached hydrogens (tertiary/aromatic N) is 4. The van der Waals surface area contributed by atoms with E-state index in [4.69, 9.17) is 11.6 Å². The van der Waals surface area contributed by atoms with Crippen LogP contribution in [0.25, 0.3) is 0 Å². The molecule has 0 unspecified atom stereocenters. The quantitative estimate of drug-likeness (QED) is 0.331. The molecule has 0 radical (unpaired) electrons. The van der Waals surface area contributed by atoms with Crippen LogP contribution in [0.2, 0.25) is 5.15 Å². The van der Waals surface area contributed by atoms with E-state index >= 15 is 0 Å². The minimum absolute atomic E-state index is 0.533. The monoisotopic (exact) mass is 366 g/mol. The van der Waals surface area contributed by atoms with Crippen LogP contribution in [0.4, 0.5) is 0 Å². The standard InChI is InChI=1S/C18H31ClN6/c1-20-18(22-9-7-16-5-6-17(19)23-15-16)21-8-3-11-25-12-4-10-24(2)13-14-25/h5-6,15H,3-4,7-14H2,1-2H3,(H2,20,21,22). The molecule has 1 saturated heterocycles. The van der Waals surface area contributed by atoms with Crippen molar-refractivity contribution in [2.45, 2.75) is 19.3 Å². The molecular formula is C18H31ClN6. The fourth-order valence-corrected chi connectivity index (χ4v) is 3.05. The molecule has 6 nitrogen and oxygen atoms in total. The van der Waals surface area contributed by atoms with Crippen molar-refractivity contribution in [2.75, 3.05) is 59.9 Å². The average molecular weight is 367 g/mol. The van der Waals surface area contributed by atoms with E-state index in [1.165, 1.54) is 38.2 Å². The molecule has 1 fully saturated rings. The van der Waals surface area contributed by atoms with Gasteiger partial charge in [-0.1, -0.05) is 17.7 Å². The van der Waals surface area contributed by atoms with Gasteiger partial charge in [0, 0.05) is 39.4 Å². The molecule has 0 saturated carbocycles. The Morgan fingerprint density at radius 1 is 1.20 bits per heavy atom. The van der Waals surface area contributed by atoms with Crippen molar-refractivity contribution in [3.63, 3.8) is 0 Å². The van der Waals surface area contributed by atoms with Gasteiger partial charge in [-0.3, -0.25) is 4.99 Å². The third kappa shape index (κ3) is 8.03. The van der Waals surface area contributed by atoms with E-state index in [1.807, 2.05) is 25.4 Å². The van der Waals surface area contributed by atoms with Crippen LogP contribution in [0.15, 0.2) is 23.3 Å². The summed E-state index contributed by atoms with van der Waals surface area (Å²) in [5.74, 6) is 0.859. The molecule has 2 heterocycles. The van der Waals surface area contributed by atoms with E-state index < -0.39 is 0 Å². The highest BCUT2D eigenvalue weighted by atomic mass is 35.5. The zero-order chi connectivity index (χ0) is 17.9. The van der Waals surface area contributed by atoms with Gasteiger partial charge >= 0.3 is 0 Å². The summed E-state index contributed by atoms with van der Waals surface area (Å²) in [6.07, 6.45) is 5.11. The van der Waals surface area contributed by atoms with Crippen molar-refractivity contribution in [1.82, 2.24) is 25.4 Å². The maximum absolute atomic E-state index is 5.80. The maximum Gasteiger partial charge on any atom is 0.190 e. The lowest BCUT2D eigenvalue weighted by atomic mass is 10.2. The topological polar surface area (TPSA) is 55.8 Å². The molecular weight excluding hydrogens is 336 g/mol. The normalized spacial score (nSPS) is 17.3. The predicted octanol–water partition coefficient (Wildman–Crippen LogP) is 1.47. The number of halogens is 1. The largest absolute Gasteiger partial charge is 0.356 e. The molecule has 0 bridgehead atoms. The molecule has 1 aliphatic rings. The van der Waals surface area contributed by atoms with E-state index in [0.717, 1.165) is 38.4 Å². The van der Waals surface area contributed by atoms with Crippen LogP contribution in [0, 0.1) is 0 Å². The predicted molar refractivity (Wildman–Crippen MR) is 105 cm³/mol. The molecule has 0 atom stereocenters. The summed E-state index contributed by atoms with van der Waals surface area (Å²) in [7, 11) is 4.02. The van der Waals surface area contributed by atoms with Gasteiger partial charge < -0.3 is 20.4 Å². The smallest absolute Gasteiger partial charge is 0.190 e. The minimum atomic E-state index is 0.533. The molecule has 0 aliphatic carbocycles. The van der Waals surface area contributed by atoms with Crippen molar-refractivity contribution in [3.05, 3.63) is 29.0 Å². The number of rotatable bonds is 7. The van der Waals surface area contributed by atoms with Crippen molar-refractivity contribution < 1.29 is 0 Å². The van der Waals surface area contributed by atoms with Crippen molar-refractivity contribution in [2.24, 2.45) is 4.99 Å². The summed E-state index contributed by atoms with van der Waals surface area (Å²) < 4.78 is 0. The zero-order valence-corrected chi connectivity index (χ0v) is 16.2. The summed E-state index contributed by atoms with van der Waals surface area (Å²) in [6.45, 7) is 7.69. The Balaban J connectivity index is 1.57. The summed E-state index contributed by atoms with van der Waals surface area (Å²) >= 11 is 5.80. The molecule has 25 heavy (non-hydrogen) atoms. The van der Waals surface area contributed by atoms with E-state index in [9.17, 15) is 0 Å². The SMILES string of the molecule is CN=C(NCCCN1CCCN(C)CC1)NCCc1ccc(Cl)nc1. The van der Waals surface area contributed by atoms with Crippen LogP contribution in [0.1, 0.15) is 18.4 Å². The number of likely N-dealkylation sites (N-methyl/N-ethyl adjacent to an activating group) is 1. The summed E-state index contributed by atoms with van der Waals surface area (Å²) in [4.78, 5) is 13.4. The molecule has 7 heteroatoms. The average Bonchev–Trinajstić information content (AvgIpc) is 2.83. The fraction of sp³-hybridized carbons (Fsp3) is 0.667. The number of guanidine groups is 1. The van der Waals surface area contributed by atoms with Gasteiger partial charge in [0.15, 0.2) is 5.96 Å². The van der Waals surface area contributed by atoms with Gasteiger partial charge in [0.2, 0.25) is 0 Å². The van der Waals surface area contributed by atoms with Crippen LogP contribution in [-0.2, 0) is 6.42 Å². The summed E-state index contributed by atoms with van der Waals surface area (Å²) in [6, 6.07) is 3.83. The zero-order valence-electron chi connectivity index (χ0n) is 15.5. The Morgan fingerprint density at radius 2 is 2.04 bits per heavy atom. The van der Waals surface area contributed by atoms with Crippen molar-refractivity contribution in [3.8, 4) is 0 Å². The third-order valence-corrected chi connectivity index (χ3v) is 4.70. The highest BCUT2D eigenvalue weighted by Gasteiger charge is 2.11. The van der Waals surface area contributed by atoms with Gasteiger partial charge in [-0.2, -0.15) is 0 Å². The van der Waals surface area contributed by atoms with Crippen LogP contribution in [0.5, 0.6) is 0 Å². The van der Waals surface area contributed by atoms with Crippen LogP contribution in [0.3, 0.4) is 0 Å². The molecule has 1 aromatic rings. The Kier molecular flexibility index (Phi) is 9.00. The highest BCUT2D eigenvalue weighted by Crippen LogP contribution is 2.05. The number of nitrogens with one attached hydrogen (secondary N) is 2. The number of aromatic nitrogens is 1. The lowest BCUT2D eigenvalue weighted by Gasteiger charge is -2.20. The van der Waals surface area contributed by atoms with Gasteiger partial charge in [0.25, 0.3) is 0 Å². The van der Waals surface area contributed by atoms with Gasteiger partial charge in [-0.05, 0) is 57.6 Å². The maximum atomic E-state index is 5.80. The van der Waals surface area contributed by atoms with Crippen molar-refractivity contribution in [1.29, 1.82) is 0 Å². The lowest BCUT2D eigenvalue weighted by Crippen LogP contribution is -2.40. The fourth-order valence-electron chi connectivity index (χ4n) is 2.93. The Hall–Kier alpha value is -1.37. The Bertz CT molecular complexity index is 519. The highest BCUT2D eigenvalue weighted by molar-refractivity contribution is 6.29. The van der Waals surface area contributed by atoms with Gasteiger partial charge in [-0.25, -0.2) is 4.98 Å². The molecule has 140 valence electrons. The molecule has 1 aliphatic heterocycles. The van der Waals surface area contributed by atoms with E-state index in [2.05, 4.69) is 37.5 Å². The Labute approximate surface area is 156 Å². The first-order chi connectivity index (χ1) is 12.2. The minimum Gasteiger partial charge on any atom is -0.356 e. The molecule has 0 amide bonds. The van der Waals surface area contributed by atoms with Crippen molar-refractivity contribution >= 4 is 17.6 Å². The second-order valence-electron chi connectivity index (χ2n) is 6.52. The first-order valence-electron chi connectivity index (χ1n) is 9.13. The number of pyridine rings is 1. The second kappa shape index (κ2) is 11.3. The number of aliphatic imine (C=N–C) groups is 1. The molecule has 1 aromatic heterocycles. The van der Waals surface area contributed by atoms with Gasteiger partial charge in [0.1, 0.15) is 5.15 Å². The third-order valence-electron chi connectivity index (χ3n) is 4.47. The first kappa shape index (κ1) is 19.9. The molecule has 0 spiro atoms. The summed E-state index contributed by atoms with van der Waals surface area (Å²) in [5.41, 5.74) is 1.17. The molecule has 0 aromatic carbocycles. The second-order valence-corrected chi connectivity index (χ2v) is 6.90. The molecule has 2 rings (SSSR count). The van der Waals surface area contributed by atoms with E-state index in [0.29, 0.717) is 5.15 Å². The first-order valence-corrected chi connectivity index (χ1v) is 9.51. The number of hydrogen-bond donors (Lipinski definition) is 2. The van der Waals surface area contributed by atoms with Crippen LogP contribution < -0.4 is 10.6 Å². The Morgan fingerprint density at radius 3 is 2.80 bits per heavy atom. The van der Waals surface area contributed by atoms with E-state index in [1.54, 1.807) is 0 Å². The van der Waals surface area contributed by atoms with Crippen LogP contribution >= 0.6 is 11.6 Å². The molecule has 2 N–H and O–H groups in total. The summed E-state index contributed by atoms with van der Waals surface area (Å²) in [5, 5.41) is 7.27.